The summed E-state index contributed by atoms with van der Waals surface area (Å²) >= 11 is 0.747. The van der Waals surface area contributed by atoms with Gasteiger partial charge in [-0.1, -0.05) is 17.8 Å². The molecule has 0 radical (unpaired) electrons. The van der Waals surface area contributed by atoms with E-state index in [9.17, 15) is 18.0 Å². The third-order valence-corrected chi connectivity index (χ3v) is 4.44. The maximum absolute atomic E-state index is 12.7. The second-order valence-corrected chi connectivity index (χ2v) is 6.70. The van der Waals surface area contributed by atoms with E-state index in [4.69, 9.17) is 11.1 Å². The topological polar surface area (TPSA) is 101 Å². The Morgan fingerprint density at radius 1 is 1.30 bits per heavy atom. The van der Waals surface area contributed by atoms with Crippen molar-refractivity contribution < 1.29 is 18.0 Å². The summed E-state index contributed by atoms with van der Waals surface area (Å²) in [4.78, 5) is 14.1. The third kappa shape index (κ3) is 5.13. The number of carbonyl (C=O) groups is 1. The Hall–Kier alpha value is -2.74. The number of anilines is 1. The number of nitrogens with zero attached hydrogens (tertiary/aromatic N) is 5. The molecule has 0 bridgehead atoms. The average Bonchev–Trinajstić information content (AvgIpc) is 2.93. The lowest BCUT2D eigenvalue weighted by Gasteiger charge is -2.22. The zero-order chi connectivity index (χ0) is 20.2. The van der Waals surface area contributed by atoms with Crippen LogP contribution in [0.25, 0.3) is 0 Å². The number of hydrogen-bond donors (Lipinski definition) is 1. The fourth-order valence-corrected chi connectivity index (χ4v) is 3.17. The van der Waals surface area contributed by atoms with Gasteiger partial charge in [-0.3, -0.25) is 4.79 Å². The number of alkyl halides is 3. The van der Waals surface area contributed by atoms with Crippen LogP contribution in [0.4, 0.5) is 18.9 Å². The summed E-state index contributed by atoms with van der Waals surface area (Å²) in [5.41, 5.74) is 2.52. The first-order chi connectivity index (χ1) is 12.6. The molecule has 0 spiro atoms. The molecular weight excluding hydrogens is 381 g/mol. The summed E-state index contributed by atoms with van der Waals surface area (Å²) in [5, 5.41) is 15.0. The van der Waals surface area contributed by atoms with E-state index < -0.39 is 12.0 Å². The number of aromatic nitrogens is 3. The van der Waals surface area contributed by atoms with Gasteiger partial charge in [-0.25, -0.2) is 4.68 Å². The predicted octanol–water partition coefficient (Wildman–Crippen LogP) is 2.67. The second-order valence-electron chi connectivity index (χ2n) is 5.76. The molecule has 0 saturated heterocycles. The molecule has 0 aliphatic heterocycles. The van der Waals surface area contributed by atoms with Crippen LogP contribution in [0.2, 0.25) is 0 Å². The summed E-state index contributed by atoms with van der Waals surface area (Å²) < 4.78 is 38.4. The molecule has 0 fully saturated rings. The first kappa shape index (κ1) is 20.6. The van der Waals surface area contributed by atoms with Crippen molar-refractivity contribution in [1.82, 2.24) is 14.9 Å². The minimum absolute atomic E-state index is 0.120. The van der Waals surface area contributed by atoms with Gasteiger partial charge in [0.1, 0.15) is 0 Å². The molecule has 0 aliphatic carbocycles. The number of nitriles is 1. The standard InChI is InChI=1S/C16H17F3N6OS/c1-10-6-11(2)8-12(7-10)24(5-3-4-20)13(26)9-27-15-23-22-14(25(15)21)16(17,18)19/h6-8H,3,5,9,21H2,1-2H3. The number of halogens is 3. The molecule has 1 amide bonds. The van der Waals surface area contributed by atoms with Crippen LogP contribution in [0.3, 0.4) is 0 Å². The van der Waals surface area contributed by atoms with Gasteiger partial charge in [-0.15, -0.1) is 10.2 Å². The number of rotatable bonds is 6. The molecule has 0 unspecified atom stereocenters. The number of hydrogen-bond acceptors (Lipinski definition) is 6. The number of aryl methyl sites for hydroxylation is 2. The average molecular weight is 398 g/mol. The van der Waals surface area contributed by atoms with Gasteiger partial charge in [-0.05, 0) is 37.1 Å². The van der Waals surface area contributed by atoms with E-state index in [1.165, 1.54) is 4.90 Å². The van der Waals surface area contributed by atoms with Crippen LogP contribution in [-0.2, 0) is 11.0 Å². The first-order valence-corrected chi connectivity index (χ1v) is 8.78. The van der Waals surface area contributed by atoms with Gasteiger partial charge >= 0.3 is 6.18 Å². The van der Waals surface area contributed by atoms with Gasteiger partial charge in [0.05, 0.1) is 18.2 Å². The molecule has 0 aliphatic rings. The van der Waals surface area contributed by atoms with Crippen LogP contribution in [0, 0.1) is 25.2 Å². The van der Waals surface area contributed by atoms with Crippen LogP contribution >= 0.6 is 11.8 Å². The Labute approximate surface area is 157 Å². The molecule has 144 valence electrons. The maximum Gasteiger partial charge on any atom is 0.453 e. The van der Waals surface area contributed by atoms with Gasteiger partial charge in [0.25, 0.3) is 5.82 Å². The second kappa shape index (κ2) is 8.30. The summed E-state index contributed by atoms with van der Waals surface area (Å²) in [6, 6.07) is 7.54. The smallest absolute Gasteiger partial charge is 0.335 e. The van der Waals surface area contributed by atoms with Gasteiger partial charge in [0.15, 0.2) is 0 Å². The number of nitrogens with two attached hydrogens (primary N) is 1. The lowest BCUT2D eigenvalue weighted by Crippen LogP contribution is -2.33. The Morgan fingerprint density at radius 3 is 2.44 bits per heavy atom. The van der Waals surface area contributed by atoms with Crippen LogP contribution in [0.5, 0.6) is 0 Å². The highest BCUT2D eigenvalue weighted by Crippen LogP contribution is 2.29. The van der Waals surface area contributed by atoms with Gasteiger partial charge in [-0.2, -0.15) is 18.4 Å². The predicted molar refractivity (Wildman–Crippen MR) is 94.4 cm³/mol. The quantitative estimate of drug-likeness (QED) is 0.593. The molecule has 2 rings (SSSR count). The van der Waals surface area contributed by atoms with E-state index in [1.807, 2.05) is 26.0 Å². The van der Waals surface area contributed by atoms with Crippen molar-refractivity contribution in [2.24, 2.45) is 0 Å². The number of benzene rings is 1. The monoisotopic (exact) mass is 398 g/mol. The molecule has 11 heteroatoms. The molecule has 2 aromatic rings. The highest BCUT2D eigenvalue weighted by molar-refractivity contribution is 7.99. The SMILES string of the molecule is Cc1cc(C)cc(N(CCC#N)C(=O)CSc2nnc(C(F)(F)F)n2N)c1. The summed E-state index contributed by atoms with van der Waals surface area (Å²) in [7, 11) is 0. The molecule has 0 saturated carbocycles. The summed E-state index contributed by atoms with van der Waals surface area (Å²) in [5.74, 6) is 3.45. The number of amides is 1. The van der Waals surface area contributed by atoms with Crippen LogP contribution in [-0.4, -0.2) is 33.1 Å². The molecule has 27 heavy (non-hydrogen) atoms. The molecule has 1 aromatic heterocycles. The van der Waals surface area contributed by atoms with E-state index in [0.29, 0.717) is 10.4 Å². The Balaban J connectivity index is 2.17. The van der Waals surface area contributed by atoms with E-state index >= 15 is 0 Å². The van der Waals surface area contributed by atoms with E-state index in [0.717, 1.165) is 22.9 Å². The van der Waals surface area contributed by atoms with E-state index in [-0.39, 0.29) is 29.8 Å². The molecule has 7 nitrogen and oxygen atoms in total. The van der Waals surface area contributed by atoms with Crippen molar-refractivity contribution in [3.05, 3.63) is 35.2 Å². The van der Waals surface area contributed by atoms with Crippen LogP contribution < -0.4 is 10.7 Å². The molecular formula is C16H17F3N6OS. The van der Waals surface area contributed by atoms with Crippen molar-refractivity contribution in [1.29, 1.82) is 5.26 Å². The third-order valence-electron chi connectivity index (χ3n) is 3.51. The summed E-state index contributed by atoms with van der Waals surface area (Å²) in [6.45, 7) is 3.93. The number of nitrogen functional groups attached to an aromatic ring is 1. The lowest BCUT2D eigenvalue weighted by molar-refractivity contribution is -0.146. The Bertz CT molecular complexity index is 854. The van der Waals surface area contributed by atoms with Gasteiger partial charge in [0, 0.05) is 12.2 Å². The zero-order valence-corrected chi connectivity index (χ0v) is 15.4. The lowest BCUT2D eigenvalue weighted by atomic mass is 10.1. The van der Waals surface area contributed by atoms with Crippen molar-refractivity contribution in [2.75, 3.05) is 23.0 Å². The molecule has 1 heterocycles. The minimum atomic E-state index is -4.73. The number of thioether (sulfide) groups is 1. The van der Waals surface area contributed by atoms with Gasteiger partial charge < -0.3 is 10.7 Å². The molecule has 1 aromatic carbocycles. The largest absolute Gasteiger partial charge is 0.453 e. The van der Waals surface area contributed by atoms with E-state index in [1.54, 1.807) is 12.1 Å². The fraction of sp³-hybridized carbons (Fsp3) is 0.375. The Kier molecular flexibility index (Phi) is 6.32. The fourth-order valence-electron chi connectivity index (χ4n) is 2.44. The van der Waals surface area contributed by atoms with E-state index in [2.05, 4.69) is 10.2 Å². The van der Waals surface area contributed by atoms with Crippen molar-refractivity contribution >= 4 is 23.4 Å². The molecule has 2 N–H and O–H groups in total. The maximum atomic E-state index is 12.7. The highest BCUT2D eigenvalue weighted by Gasteiger charge is 2.38. The van der Waals surface area contributed by atoms with Crippen molar-refractivity contribution in [3.8, 4) is 6.07 Å². The zero-order valence-electron chi connectivity index (χ0n) is 14.6. The Morgan fingerprint density at radius 2 is 1.93 bits per heavy atom. The van der Waals surface area contributed by atoms with Crippen LogP contribution in [0.1, 0.15) is 23.4 Å². The number of carbonyl (C=O) groups excluding carboxylic acids is 1. The van der Waals surface area contributed by atoms with Gasteiger partial charge in [0.2, 0.25) is 11.1 Å². The minimum Gasteiger partial charge on any atom is -0.335 e. The van der Waals surface area contributed by atoms with Crippen molar-refractivity contribution in [2.45, 2.75) is 31.6 Å². The summed E-state index contributed by atoms with van der Waals surface area (Å²) in [6.07, 6.45) is -4.61. The first-order valence-electron chi connectivity index (χ1n) is 7.79. The van der Waals surface area contributed by atoms with Crippen molar-refractivity contribution in [3.63, 3.8) is 0 Å². The van der Waals surface area contributed by atoms with Crippen LogP contribution in [0.15, 0.2) is 23.4 Å². The normalized spacial score (nSPS) is 11.3. The highest BCUT2D eigenvalue weighted by atomic mass is 32.2. The molecule has 0 atom stereocenters.